The Morgan fingerprint density at radius 1 is 1.19 bits per heavy atom. The van der Waals surface area contributed by atoms with Crippen molar-refractivity contribution in [1.82, 2.24) is 14.5 Å². The smallest absolute Gasteiger partial charge is 0.358 e. The SMILES string of the molecule is Cc1cc(C(=O)COC(=O)c2cnccn2)c(C)n1-c1cccc(F)c1. The number of esters is 1. The maximum atomic E-state index is 13.5. The topological polar surface area (TPSA) is 74.1 Å². The number of carbonyl (C=O) groups excluding carboxylic acids is 2. The number of benzene rings is 1. The van der Waals surface area contributed by atoms with Crippen molar-refractivity contribution in [3.63, 3.8) is 0 Å². The van der Waals surface area contributed by atoms with E-state index in [0.29, 0.717) is 16.9 Å². The maximum absolute atomic E-state index is 13.5. The van der Waals surface area contributed by atoms with Crippen LogP contribution >= 0.6 is 0 Å². The average molecular weight is 353 g/mol. The fourth-order valence-corrected chi connectivity index (χ4v) is 2.74. The fraction of sp³-hybridized carbons (Fsp3) is 0.158. The highest BCUT2D eigenvalue weighted by molar-refractivity contribution is 6.00. The largest absolute Gasteiger partial charge is 0.453 e. The van der Waals surface area contributed by atoms with Crippen molar-refractivity contribution in [2.45, 2.75) is 13.8 Å². The summed E-state index contributed by atoms with van der Waals surface area (Å²) >= 11 is 0. The number of ether oxygens (including phenoxy) is 1. The molecule has 0 fully saturated rings. The van der Waals surface area contributed by atoms with E-state index in [4.69, 9.17) is 4.74 Å². The molecule has 0 N–H and O–H groups in total. The zero-order chi connectivity index (χ0) is 18.7. The summed E-state index contributed by atoms with van der Waals surface area (Å²) in [5.74, 6) is -1.43. The van der Waals surface area contributed by atoms with Crippen LogP contribution in [0.4, 0.5) is 4.39 Å². The van der Waals surface area contributed by atoms with E-state index in [1.54, 1.807) is 29.7 Å². The number of aryl methyl sites for hydroxylation is 1. The van der Waals surface area contributed by atoms with Crippen molar-refractivity contribution in [1.29, 1.82) is 0 Å². The second-order valence-corrected chi connectivity index (χ2v) is 5.69. The molecule has 1 aromatic carbocycles. The highest BCUT2D eigenvalue weighted by Gasteiger charge is 2.19. The molecule has 132 valence electrons. The Labute approximate surface area is 149 Å². The zero-order valence-electron chi connectivity index (χ0n) is 14.3. The Morgan fingerprint density at radius 2 is 2.00 bits per heavy atom. The summed E-state index contributed by atoms with van der Waals surface area (Å²) in [6.07, 6.45) is 4.07. The fourth-order valence-electron chi connectivity index (χ4n) is 2.74. The number of rotatable bonds is 5. The molecule has 3 aromatic rings. The molecule has 7 heteroatoms. The number of carbonyl (C=O) groups is 2. The van der Waals surface area contributed by atoms with Crippen LogP contribution in [0.3, 0.4) is 0 Å². The molecule has 0 saturated heterocycles. The van der Waals surface area contributed by atoms with Gasteiger partial charge in [-0.15, -0.1) is 0 Å². The highest BCUT2D eigenvalue weighted by Crippen LogP contribution is 2.22. The van der Waals surface area contributed by atoms with Crippen molar-refractivity contribution in [3.05, 3.63) is 77.4 Å². The molecule has 0 spiro atoms. The van der Waals surface area contributed by atoms with Crippen molar-refractivity contribution in [2.24, 2.45) is 0 Å². The lowest BCUT2D eigenvalue weighted by atomic mass is 10.1. The first-order valence-electron chi connectivity index (χ1n) is 7.88. The van der Waals surface area contributed by atoms with E-state index in [1.165, 1.54) is 30.7 Å². The molecular formula is C19H16FN3O3. The van der Waals surface area contributed by atoms with Gasteiger partial charge in [-0.3, -0.25) is 9.78 Å². The monoisotopic (exact) mass is 353 g/mol. The second kappa shape index (κ2) is 7.26. The van der Waals surface area contributed by atoms with Gasteiger partial charge in [0.2, 0.25) is 5.78 Å². The molecule has 0 atom stereocenters. The summed E-state index contributed by atoms with van der Waals surface area (Å²) in [7, 11) is 0. The van der Waals surface area contributed by atoms with Gasteiger partial charge in [-0.05, 0) is 38.1 Å². The third-order valence-electron chi connectivity index (χ3n) is 3.90. The Hall–Kier alpha value is -3.35. The number of ketones is 1. The van der Waals surface area contributed by atoms with Crippen LogP contribution in [0.5, 0.6) is 0 Å². The molecule has 2 aromatic heterocycles. The van der Waals surface area contributed by atoms with E-state index < -0.39 is 12.6 Å². The first kappa shape index (κ1) is 17.5. The normalized spacial score (nSPS) is 10.6. The van der Waals surface area contributed by atoms with E-state index in [2.05, 4.69) is 9.97 Å². The summed E-state index contributed by atoms with van der Waals surface area (Å²) in [4.78, 5) is 31.9. The minimum atomic E-state index is -0.717. The van der Waals surface area contributed by atoms with E-state index in [-0.39, 0.29) is 17.3 Å². The predicted octanol–water partition coefficient (Wildman–Crippen LogP) is 3.06. The van der Waals surface area contributed by atoms with Crippen LogP contribution in [0.15, 0.2) is 48.9 Å². The number of halogens is 1. The van der Waals surface area contributed by atoms with Gasteiger partial charge in [-0.2, -0.15) is 0 Å². The Bertz CT molecular complexity index is 967. The Kier molecular flexibility index (Phi) is 4.88. The highest BCUT2D eigenvalue weighted by atomic mass is 19.1. The van der Waals surface area contributed by atoms with Gasteiger partial charge in [0.25, 0.3) is 0 Å². The van der Waals surface area contributed by atoms with E-state index in [0.717, 1.165) is 5.69 Å². The number of aromatic nitrogens is 3. The van der Waals surface area contributed by atoms with Crippen LogP contribution in [0.1, 0.15) is 32.2 Å². The van der Waals surface area contributed by atoms with E-state index >= 15 is 0 Å². The van der Waals surface area contributed by atoms with Gasteiger partial charge in [-0.1, -0.05) is 6.07 Å². The predicted molar refractivity (Wildman–Crippen MR) is 91.8 cm³/mol. The molecule has 6 nitrogen and oxygen atoms in total. The van der Waals surface area contributed by atoms with Crippen molar-refractivity contribution >= 4 is 11.8 Å². The van der Waals surface area contributed by atoms with Gasteiger partial charge in [0.1, 0.15) is 5.82 Å². The molecule has 0 aliphatic carbocycles. The molecule has 2 heterocycles. The summed E-state index contributed by atoms with van der Waals surface area (Å²) < 4.78 is 20.3. The Morgan fingerprint density at radius 3 is 2.69 bits per heavy atom. The molecule has 0 bridgehead atoms. The first-order valence-corrected chi connectivity index (χ1v) is 7.88. The first-order chi connectivity index (χ1) is 12.5. The lowest BCUT2D eigenvalue weighted by molar-refractivity contribution is 0.0468. The standard InChI is InChI=1S/C19H16FN3O3/c1-12-8-16(13(2)23(12)15-5-3-4-14(20)9-15)18(24)11-26-19(25)17-10-21-6-7-22-17/h3-10H,11H2,1-2H3. The van der Waals surface area contributed by atoms with Gasteiger partial charge >= 0.3 is 5.97 Å². The van der Waals surface area contributed by atoms with Gasteiger partial charge < -0.3 is 9.30 Å². The molecule has 0 saturated carbocycles. The average Bonchev–Trinajstić information content (AvgIpc) is 2.94. The lowest BCUT2D eigenvalue weighted by Crippen LogP contribution is -2.16. The van der Waals surface area contributed by atoms with E-state index in [9.17, 15) is 14.0 Å². The lowest BCUT2D eigenvalue weighted by Gasteiger charge is -2.10. The number of nitrogens with zero attached hydrogens (tertiary/aromatic N) is 3. The number of Topliss-reactive ketones (excluding diaryl/α,β-unsaturated/α-hetero) is 1. The van der Waals surface area contributed by atoms with Crippen molar-refractivity contribution in [2.75, 3.05) is 6.61 Å². The summed E-state index contributed by atoms with van der Waals surface area (Å²) in [6.45, 7) is 3.17. The minimum Gasteiger partial charge on any atom is -0.453 e. The third kappa shape index (κ3) is 3.51. The van der Waals surface area contributed by atoms with Crippen LogP contribution in [0.2, 0.25) is 0 Å². The molecule has 0 aliphatic heterocycles. The van der Waals surface area contributed by atoms with Gasteiger partial charge in [-0.25, -0.2) is 14.2 Å². The number of hydrogen-bond acceptors (Lipinski definition) is 5. The summed E-state index contributed by atoms with van der Waals surface area (Å²) in [5.41, 5.74) is 2.49. The Balaban J connectivity index is 1.78. The molecule has 0 aliphatic rings. The van der Waals surface area contributed by atoms with Gasteiger partial charge in [0.05, 0.1) is 6.20 Å². The quantitative estimate of drug-likeness (QED) is 0.521. The zero-order valence-corrected chi connectivity index (χ0v) is 14.3. The van der Waals surface area contributed by atoms with Crippen LogP contribution < -0.4 is 0 Å². The van der Waals surface area contributed by atoms with Gasteiger partial charge in [0, 0.05) is 35.0 Å². The molecule has 26 heavy (non-hydrogen) atoms. The van der Waals surface area contributed by atoms with Crippen molar-refractivity contribution in [3.8, 4) is 5.69 Å². The van der Waals surface area contributed by atoms with Crippen LogP contribution in [0.25, 0.3) is 5.69 Å². The van der Waals surface area contributed by atoms with Crippen LogP contribution in [-0.4, -0.2) is 32.9 Å². The molecule has 0 unspecified atom stereocenters. The van der Waals surface area contributed by atoms with Crippen LogP contribution in [-0.2, 0) is 4.74 Å². The second-order valence-electron chi connectivity index (χ2n) is 5.69. The number of hydrogen-bond donors (Lipinski definition) is 0. The van der Waals surface area contributed by atoms with Crippen LogP contribution in [0, 0.1) is 19.7 Å². The van der Waals surface area contributed by atoms with E-state index in [1.807, 2.05) is 6.92 Å². The molecule has 0 amide bonds. The minimum absolute atomic E-state index is 0.0329. The van der Waals surface area contributed by atoms with Crippen molar-refractivity contribution < 1.29 is 18.7 Å². The molecular weight excluding hydrogens is 337 g/mol. The third-order valence-corrected chi connectivity index (χ3v) is 3.90. The molecule has 3 rings (SSSR count). The molecule has 0 radical (unpaired) electrons. The maximum Gasteiger partial charge on any atom is 0.358 e. The van der Waals surface area contributed by atoms with Gasteiger partial charge in [0.15, 0.2) is 12.3 Å². The summed E-state index contributed by atoms with van der Waals surface area (Å²) in [6, 6.07) is 7.80. The summed E-state index contributed by atoms with van der Waals surface area (Å²) in [5, 5.41) is 0.